The highest BCUT2D eigenvalue weighted by Crippen LogP contribution is 2.83. The predicted molar refractivity (Wildman–Crippen MR) is 186 cm³/mol. The number of hydrogen-bond donors (Lipinski definition) is 0. The van der Waals surface area contributed by atoms with Crippen LogP contribution in [0.4, 0.5) is 0 Å². The van der Waals surface area contributed by atoms with E-state index in [9.17, 15) is 0 Å². The second kappa shape index (κ2) is 10.9. The molecule has 0 heterocycles. The van der Waals surface area contributed by atoms with E-state index in [1.165, 1.54) is 28.7 Å². The number of hydrogen-bond acceptors (Lipinski definition) is 0. The average molecular weight is 595 g/mol. The van der Waals surface area contributed by atoms with Gasteiger partial charge in [-0.2, -0.15) is 0 Å². The van der Waals surface area contributed by atoms with E-state index < -0.39 is 0 Å². The molecule has 0 radical (unpaired) electrons. The Morgan fingerprint density at radius 1 is 0.476 bits per heavy atom. The van der Waals surface area contributed by atoms with Crippen LogP contribution >= 0.6 is 19.5 Å². The van der Waals surface area contributed by atoms with Gasteiger partial charge in [-0.3, -0.25) is 0 Å². The van der Waals surface area contributed by atoms with E-state index in [2.05, 4.69) is 177 Å². The summed E-state index contributed by atoms with van der Waals surface area (Å²) in [5.74, 6) is 0. The summed E-state index contributed by atoms with van der Waals surface area (Å²) in [4.78, 5) is -0.157. The minimum atomic E-state index is -0.208. The van der Waals surface area contributed by atoms with Crippen LogP contribution in [0.15, 0.2) is 121 Å². The maximum atomic E-state index is 6.63. The summed E-state index contributed by atoms with van der Waals surface area (Å²) in [6, 6.07) is 43.6. The first-order chi connectivity index (χ1) is 19.7. The van der Waals surface area contributed by atoms with Crippen molar-refractivity contribution in [2.24, 2.45) is 0 Å². The van der Waals surface area contributed by atoms with E-state index in [1.54, 1.807) is 0 Å². The Kier molecular flexibility index (Phi) is 8.09. The topological polar surface area (TPSA) is 0 Å². The van der Waals surface area contributed by atoms with Crippen LogP contribution in [-0.4, -0.2) is 20.3 Å². The smallest absolute Gasteiger partial charge is 0.0568 e. The minimum Gasteiger partial charge on any atom is -0.118 e. The maximum absolute atomic E-state index is 6.63. The van der Waals surface area contributed by atoms with Crippen molar-refractivity contribution in [1.82, 2.24) is 0 Å². The molecule has 2 aliphatic carbocycles. The highest BCUT2D eigenvalue weighted by molar-refractivity contribution is 7.63. The fourth-order valence-electron chi connectivity index (χ4n) is 8.54. The van der Waals surface area contributed by atoms with Crippen molar-refractivity contribution in [3.05, 3.63) is 144 Å². The molecule has 2 heteroatoms. The normalized spacial score (nSPS) is 24.0. The Labute approximate surface area is 261 Å². The number of benzene rings is 4. The summed E-state index contributed by atoms with van der Waals surface area (Å²) in [7, 11) is -0.208. The van der Waals surface area contributed by atoms with Gasteiger partial charge in [-0.25, -0.2) is 0 Å². The third kappa shape index (κ3) is 5.29. The number of halogens is 1. The van der Waals surface area contributed by atoms with Crippen molar-refractivity contribution in [2.75, 3.05) is 0 Å². The minimum absolute atomic E-state index is 0.00290. The van der Waals surface area contributed by atoms with E-state index in [4.69, 9.17) is 11.6 Å². The molecule has 0 spiro atoms. The molecule has 2 saturated carbocycles. The van der Waals surface area contributed by atoms with Crippen molar-refractivity contribution in [3.63, 3.8) is 0 Å². The molecule has 220 valence electrons. The van der Waals surface area contributed by atoms with Gasteiger partial charge in [-0.05, 0) is 52.3 Å². The van der Waals surface area contributed by atoms with E-state index in [-0.39, 0.29) is 23.6 Å². The third-order valence-electron chi connectivity index (χ3n) is 9.67. The van der Waals surface area contributed by atoms with Crippen LogP contribution in [0.1, 0.15) is 90.5 Å². The van der Waals surface area contributed by atoms with E-state index in [0.29, 0.717) is 15.5 Å². The van der Waals surface area contributed by atoms with Crippen LogP contribution in [0.3, 0.4) is 0 Å². The van der Waals surface area contributed by atoms with Gasteiger partial charge in [-0.1, -0.05) is 178 Å². The Balaban J connectivity index is 0.000000180. The molecule has 2 fully saturated rings. The van der Waals surface area contributed by atoms with Crippen LogP contribution in [0.25, 0.3) is 0 Å². The van der Waals surface area contributed by atoms with Gasteiger partial charge >= 0.3 is 0 Å². The van der Waals surface area contributed by atoms with Crippen molar-refractivity contribution < 1.29 is 0 Å². The standard InChI is InChI=1S/C24H33P.C16H15Cl/c1-21(2,3)25(22(4,5)6)23(7)18-24(23,19-14-10-8-11-15-19)20-16-12-9-13-17-20;1-15(17)12-16(15,13-8-4-2-5-9-13)14-10-6-3-7-11-14/h8-17H,18H2,1-7H3;2-11H,12H2,1H3. The Morgan fingerprint density at radius 3 is 0.976 bits per heavy atom. The van der Waals surface area contributed by atoms with Gasteiger partial charge in [0.25, 0.3) is 0 Å². The molecule has 4 aromatic rings. The monoisotopic (exact) mass is 594 g/mol. The van der Waals surface area contributed by atoms with Crippen LogP contribution in [0, 0.1) is 0 Å². The van der Waals surface area contributed by atoms with Crippen molar-refractivity contribution in [1.29, 1.82) is 0 Å². The first kappa shape index (κ1) is 31.0. The molecular formula is C40H48ClP. The molecule has 0 saturated heterocycles. The molecule has 0 nitrogen and oxygen atoms in total. The zero-order valence-electron chi connectivity index (χ0n) is 26.8. The fraction of sp³-hybridized carbons (Fsp3) is 0.400. The molecule has 2 aliphatic rings. The SMILES string of the molecule is CC(C)(C)P(C(C)(C)C)C1(C)CC1(c1ccccc1)c1ccccc1.CC1(Cl)CC1(c1ccccc1)c1ccccc1. The highest BCUT2D eigenvalue weighted by Gasteiger charge is 2.71. The lowest BCUT2D eigenvalue weighted by atomic mass is 9.86. The number of rotatable bonds is 5. The first-order valence-electron chi connectivity index (χ1n) is 15.4. The molecule has 0 aromatic heterocycles. The fourth-order valence-corrected chi connectivity index (χ4v) is 15.0. The largest absolute Gasteiger partial charge is 0.118 e. The first-order valence-corrected chi connectivity index (χ1v) is 17.1. The van der Waals surface area contributed by atoms with Gasteiger partial charge < -0.3 is 0 Å². The summed E-state index contributed by atoms with van der Waals surface area (Å²) < 4.78 is 0. The molecule has 0 N–H and O–H groups in total. The van der Waals surface area contributed by atoms with Crippen molar-refractivity contribution >= 4 is 19.5 Å². The molecule has 42 heavy (non-hydrogen) atoms. The van der Waals surface area contributed by atoms with Gasteiger partial charge in [0.1, 0.15) is 0 Å². The van der Waals surface area contributed by atoms with E-state index in [1.807, 2.05) is 0 Å². The lowest BCUT2D eigenvalue weighted by molar-refractivity contribution is 0.661. The molecule has 2 atom stereocenters. The lowest BCUT2D eigenvalue weighted by Gasteiger charge is -2.48. The predicted octanol–water partition coefficient (Wildman–Crippen LogP) is 11.6. The van der Waals surface area contributed by atoms with Gasteiger partial charge in [0, 0.05) is 16.0 Å². The maximum Gasteiger partial charge on any atom is 0.0568 e. The van der Waals surface area contributed by atoms with Gasteiger partial charge in [0.15, 0.2) is 0 Å². The molecule has 4 aromatic carbocycles. The Hall–Kier alpha value is -2.40. The molecule has 0 bridgehead atoms. The van der Waals surface area contributed by atoms with Gasteiger partial charge in [0.05, 0.1) is 4.87 Å². The third-order valence-corrected chi connectivity index (χ3v) is 14.3. The van der Waals surface area contributed by atoms with Crippen LogP contribution < -0.4 is 0 Å². The second-order valence-corrected chi connectivity index (χ2v) is 20.0. The van der Waals surface area contributed by atoms with Gasteiger partial charge in [0.2, 0.25) is 0 Å². The summed E-state index contributed by atoms with van der Waals surface area (Å²) in [6.45, 7) is 19.4. The van der Waals surface area contributed by atoms with Crippen molar-refractivity contribution in [2.45, 2.75) is 99.4 Å². The molecule has 0 amide bonds. The Morgan fingerprint density at radius 2 is 0.738 bits per heavy atom. The second-order valence-electron chi connectivity index (χ2n) is 14.8. The molecule has 6 rings (SSSR count). The molecular weight excluding hydrogens is 547 g/mol. The zero-order chi connectivity index (χ0) is 30.4. The molecule has 2 unspecified atom stereocenters. The van der Waals surface area contributed by atoms with Crippen LogP contribution in [0.5, 0.6) is 0 Å². The lowest BCUT2D eigenvalue weighted by Crippen LogP contribution is -2.35. The van der Waals surface area contributed by atoms with E-state index in [0.717, 1.165) is 6.42 Å². The van der Waals surface area contributed by atoms with Crippen LogP contribution in [-0.2, 0) is 10.8 Å². The summed E-state index contributed by atoms with van der Waals surface area (Å²) in [5, 5.41) is 0.975. The Bertz CT molecular complexity index is 1370. The highest BCUT2D eigenvalue weighted by atomic mass is 35.5. The average Bonchev–Trinajstić information content (AvgIpc) is 3.78. The molecule has 0 aliphatic heterocycles. The van der Waals surface area contributed by atoms with Crippen LogP contribution in [0.2, 0.25) is 0 Å². The number of alkyl halides is 1. The quantitative estimate of drug-likeness (QED) is 0.159. The summed E-state index contributed by atoms with van der Waals surface area (Å²) in [5.41, 5.74) is 5.78. The zero-order valence-corrected chi connectivity index (χ0v) is 28.4. The van der Waals surface area contributed by atoms with Gasteiger partial charge in [-0.15, -0.1) is 11.6 Å². The van der Waals surface area contributed by atoms with Crippen molar-refractivity contribution in [3.8, 4) is 0 Å². The summed E-state index contributed by atoms with van der Waals surface area (Å²) in [6.07, 6.45) is 2.27. The summed E-state index contributed by atoms with van der Waals surface area (Å²) >= 11 is 6.63. The van der Waals surface area contributed by atoms with E-state index >= 15 is 0 Å².